The highest BCUT2D eigenvalue weighted by Gasteiger charge is 1.98. The Balaban J connectivity index is -0.000000719. The van der Waals surface area contributed by atoms with Crippen LogP contribution in [0.25, 0.3) is 0 Å². The van der Waals surface area contributed by atoms with E-state index in [4.69, 9.17) is 20.4 Å². The number of aliphatic hydroxyl groups is 2. The van der Waals surface area contributed by atoms with Crippen molar-refractivity contribution in [1.29, 1.82) is 0 Å². The van der Waals surface area contributed by atoms with Crippen molar-refractivity contribution in [3.63, 3.8) is 0 Å². The summed E-state index contributed by atoms with van der Waals surface area (Å²) >= 11 is 0. The maximum atomic E-state index is 10.3. The summed E-state index contributed by atoms with van der Waals surface area (Å²) in [7, 11) is 0. The zero-order chi connectivity index (χ0) is 35.3. The second kappa shape index (κ2) is 49.2. The molecule has 0 aliphatic rings. The molecule has 0 amide bonds. The lowest BCUT2D eigenvalue weighted by Gasteiger charge is -2.03. The SMILES string of the molecule is CCCCCCCCCCCCCCCCCCC(=O)O.CCCCCCCCCCCCCCCCCCC(=O)O.OCCCO. The molecule has 0 saturated carbocycles. The molecule has 6 heteroatoms. The van der Waals surface area contributed by atoms with E-state index in [1.54, 1.807) is 0 Å². The minimum atomic E-state index is -0.652. The van der Waals surface area contributed by atoms with Crippen LogP contribution < -0.4 is 0 Å². The fourth-order valence-corrected chi connectivity index (χ4v) is 5.72. The standard InChI is InChI=1S/2C19H38O2.C3H8O2/c2*1-2-3-4-5-6-7-8-9-10-11-12-13-14-15-16-17-18-19(20)21;4-2-1-3-5/h2*2-18H2,1H3,(H,20,21);4-5H,1-3H2. The van der Waals surface area contributed by atoms with Crippen LogP contribution in [0.15, 0.2) is 0 Å². The summed E-state index contributed by atoms with van der Waals surface area (Å²) in [6.45, 7) is 4.74. The molecule has 0 aromatic rings. The van der Waals surface area contributed by atoms with Gasteiger partial charge in [0, 0.05) is 26.1 Å². The molecular weight excluding hydrogens is 588 g/mol. The number of carbonyl (C=O) groups is 2. The van der Waals surface area contributed by atoms with E-state index in [9.17, 15) is 9.59 Å². The van der Waals surface area contributed by atoms with E-state index in [2.05, 4.69) is 13.8 Å². The van der Waals surface area contributed by atoms with E-state index in [0.717, 1.165) is 25.7 Å². The Morgan fingerprint density at radius 3 is 0.596 bits per heavy atom. The number of hydrogen-bond donors (Lipinski definition) is 4. The lowest BCUT2D eigenvalue weighted by molar-refractivity contribution is -0.138. The van der Waals surface area contributed by atoms with Gasteiger partial charge in [-0.3, -0.25) is 9.59 Å². The van der Waals surface area contributed by atoms with Crippen LogP contribution >= 0.6 is 0 Å². The van der Waals surface area contributed by atoms with Crippen molar-refractivity contribution in [2.24, 2.45) is 0 Å². The summed E-state index contributed by atoms with van der Waals surface area (Å²) < 4.78 is 0. The van der Waals surface area contributed by atoms with Crippen molar-refractivity contribution in [3.8, 4) is 0 Å². The molecule has 0 saturated heterocycles. The molecule has 0 aromatic carbocycles. The third-order valence-corrected chi connectivity index (χ3v) is 8.80. The molecule has 0 fully saturated rings. The van der Waals surface area contributed by atoms with Crippen molar-refractivity contribution in [2.75, 3.05) is 13.2 Å². The largest absolute Gasteiger partial charge is 0.481 e. The van der Waals surface area contributed by atoms with Gasteiger partial charge in [-0.25, -0.2) is 0 Å². The summed E-state index contributed by atoms with van der Waals surface area (Å²) in [5.41, 5.74) is 0. The molecular formula is C41H84O6. The number of rotatable bonds is 36. The number of hydrogen-bond acceptors (Lipinski definition) is 4. The van der Waals surface area contributed by atoms with E-state index < -0.39 is 11.9 Å². The van der Waals surface area contributed by atoms with Crippen LogP contribution in [0, 0.1) is 0 Å². The summed E-state index contributed by atoms with van der Waals surface area (Å²) in [5, 5.41) is 32.9. The molecule has 0 unspecified atom stereocenters. The van der Waals surface area contributed by atoms with Crippen molar-refractivity contribution in [3.05, 3.63) is 0 Å². The first-order chi connectivity index (χ1) is 23.0. The molecule has 0 bridgehead atoms. The van der Waals surface area contributed by atoms with E-state index in [0.29, 0.717) is 19.3 Å². The summed E-state index contributed by atoms with van der Waals surface area (Å²) in [6.07, 6.45) is 43.8. The molecule has 0 aliphatic carbocycles. The molecule has 0 aliphatic heterocycles. The normalized spacial score (nSPS) is 10.6. The second-order valence-corrected chi connectivity index (χ2v) is 13.7. The van der Waals surface area contributed by atoms with Gasteiger partial charge in [0.05, 0.1) is 0 Å². The highest BCUT2D eigenvalue weighted by Crippen LogP contribution is 2.15. The predicted molar refractivity (Wildman–Crippen MR) is 202 cm³/mol. The van der Waals surface area contributed by atoms with Crippen molar-refractivity contribution in [2.45, 2.75) is 239 Å². The fourth-order valence-electron chi connectivity index (χ4n) is 5.72. The lowest BCUT2D eigenvalue weighted by Crippen LogP contribution is -1.93. The molecule has 47 heavy (non-hydrogen) atoms. The topological polar surface area (TPSA) is 115 Å². The number of unbranched alkanes of at least 4 members (excludes halogenated alkanes) is 30. The van der Waals surface area contributed by atoms with Crippen molar-refractivity contribution in [1.82, 2.24) is 0 Å². The Morgan fingerprint density at radius 1 is 0.298 bits per heavy atom. The van der Waals surface area contributed by atoms with Crippen LogP contribution in [0.1, 0.15) is 239 Å². The van der Waals surface area contributed by atoms with Gasteiger partial charge in [-0.1, -0.05) is 206 Å². The monoisotopic (exact) mass is 673 g/mol. The second-order valence-electron chi connectivity index (χ2n) is 13.7. The van der Waals surface area contributed by atoms with E-state index in [-0.39, 0.29) is 13.2 Å². The van der Waals surface area contributed by atoms with Gasteiger partial charge in [-0.15, -0.1) is 0 Å². The van der Waals surface area contributed by atoms with Gasteiger partial charge in [-0.2, -0.15) is 0 Å². The molecule has 0 radical (unpaired) electrons. The summed E-state index contributed by atoms with van der Waals surface area (Å²) in [4.78, 5) is 20.7. The zero-order valence-corrected chi connectivity index (χ0v) is 31.8. The molecule has 284 valence electrons. The first-order valence-electron chi connectivity index (χ1n) is 20.6. The quantitative estimate of drug-likeness (QED) is 0.0492. The van der Waals surface area contributed by atoms with Gasteiger partial charge in [0.1, 0.15) is 0 Å². The number of aliphatic carboxylic acids is 2. The van der Waals surface area contributed by atoms with Gasteiger partial charge >= 0.3 is 11.9 Å². The maximum Gasteiger partial charge on any atom is 0.303 e. The van der Waals surface area contributed by atoms with Gasteiger partial charge in [0.15, 0.2) is 0 Å². The predicted octanol–water partition coefficient (Wildman–Crippen LogP) is 12.8. The van der Waals surface area contributed by atoms with Crippen LogP contribution in [0.5, 0.6) is 0 Å². The van der Waals surface area contributed by atoms with Crippen LogP contribution in [0.3, 0.4) is 0 Å². The number of aliphatic hydroxyl groups excluding tert-OH is 2. The Kier molecular flexibility index (Phi) is 52.6. The molecule has 0 heterocycles. The molecule has 0 rings (SSSR count). The van der Waals surface area contributed by atoms with Gasteiger partial charge in [-0.05, 0) is 19.3 Å². The molecule has 4 N–H and O–H groups in total. The first kappa shape index (κ1) is 50.2. The van der Waals surface area contributed by atoms with Crippen molar-refractivity contribution >= 4 is 11.9 Å². The highest BCUT2D eigenvalue weighted by atomic mass is 16.4. The Hall–Kier alpha value is -1.14. The fraction of sp³-hybridized carbons (Fsp3) is 0.951. The summed E-state index contributed by atoms with van der Waals surface area (Å²) in [5.74, 6) is -1.30. The van der Waals surface area contributed by atoms with Crippen LogP contribution in [0.4, 0.5) is 0 Å². The minimum absolute atomic E-state index is 0.0938. The summed E-state index contributed by atoms with van der Waals surface area (Å²) in [6, 6.07) is 0. The number of carboxylic acids is 2. The van der Waals surface area contributed by atoms with Gasteiger partial charge in [0.25, 0.3) is 0 Å². The third-order valence-electron chi connectivity index (χ3n) is 8.80. The van der Waals surface area contributed by atoms with E-state index >= 15 is 0 Å². The Labute approximate surface area is 293 Å². The molecule has 6 nitrogen and oxygen atoms in total. The van der Waals surface area contributed by atoms with Crippen LogP contribution in [0.2, 0.25) is 0 Å². The average molecular weight is 673 g/mol. The Morgan fingerprint density at radius 2 is 0.468 bits per heavy atom. The maximum absolute atomic E-state index is 10.3. The van der Waals surface area contributed by atoms with Crippen molar-refractivity contribution < 1.29 is 30.0 Å². The molecule has 0 aromatic heterocycles. The zero-order valence-electron chi connectivity index (χ0n) is 31.8. The highest BCUT2D eigenvalue weighted by molar-refractivity contribution is 5.66. The molecule has 0 atom stereocenters. The van der Waals surface area contributed by atoms with Gasteiger partial charge < -0.3 is 20.4 Å². The van der Waals surface area contributed by atoms with Crippen LogP contribution in [-0.2, 0) is 9.59 Å². The first-order valence-corrected chi connectivity index (χ1v) is 20.6. The Bertz CT molecular complexity index is 520. The minimum Gasteiger partial charge on any atom is -0.481 e. The van der Waals surface area contributed by atoms with E-state index in [1.165, 1.54) is 180 Å². The lowest BCUT2D eigenvalue weighted by atomic mass is 10.0. The van der Waals surface area contributed by atoms with Crippen LogP contribution in [-0.4, -0.2) is 45.6 Å². The smallest absolute Gasteiger partial charge is 0.303 e. The van der Waals surface area contributed by atoms with Gasteiger partial charge in [0.2, 0.25) is 0 Å². The van der Waals surface area contributed by atoms with E-state index in [1.807, 2.05) is 0 Å². The third kappa shape index (κ3) is 60.7. The average Bonchev–Trinajstić information content (AvgIpc) is 3.05. The number of carboxylic acid groups (broad SMARTS) is 2. The molecule has 0 spiro atoms.